The van der Waals surface area contributed by atoms with Gasteiger partial charge in [0, 0.05) is 18.3 Å². The van der Waals surface area contributed by atoms with Crippen LogP contribution < -0.4 is 20.7 Å². The van der Waals surface area contributed by atoms with E-state index >= 15 is 0 Å². The van der Waals surface area contributed by atoms with Gasteiger partial charge in [0.1, 0.15) is 5.82 Å². The number of carbonyl (C=O) groups excluding carboxylic acids is 3. The molecule has 0 aliphatic carbocycles. The van der Waals surface area contributed by atoms with Gasteiger partial charge < -0.3 is 15.4 Å². The predicted molar refractivity (Wildman–Crippen MR) is 147 cm³/mol. The quantitative estimate of drug-likeness (QED) is 0.176. The molecule has 0 saturated carbocycles. The summed E-state index contributed by atoms with van der Waals surface area (Å²) >= 11 is 2.27. The zero-order chi connectivity index (χ0) is 27.8. The number of aromatic nitrogens is 4. The van der Waals surface area contributed by atoms with Gasteiger partial charge in [-0.05, 0) is 48.9 Å². The molecule has 11 nitrogen and oxygen atoms in total. The molecule has 3 amide bonds. The van der Waals surface area contributed by atoms with Gasteiger partial charge in [0.2, 0.25) is 16.9 Å². The van der Waals surface area contributed by atoms with Crippen LogP contribution in [0.25, 0.3) is 5.69 Å². The molecule has 0 bridgehead atoms. The number of amides is 3. The molecule has 202 valence electrons. The SMILES string of the molecule is CCCOc1cn(-c2ccc(F)cc2)nc1C(=O)Nc1nnc(SCC(=O)Nc2cccc(NC(C)=O)c2)s1. The van der Waals surface area contributed by atoms with Crippen LogP contribution in [0.3, 0.4) is 0 Å². The van der Waals surface area contributed by atoms with Crippen LogP contribution in [0, 0.1) is 5.82 Å². The van der Waals surface area contributed by atoms with Crippen LogP contribution >= 0.6 is 23.1 Å². The van der Waals surface area contributed by atoms with Crippen LogP contribution in [0.1, 0.15) is 30.8 Å². The van der Waals surface area contributed by atoms with Gasteiger partial charge in [0.15, 0.2) is 15.8 Å². The fourth-order valence-corrected chi connectivity index (χ4v) is 4.78. The van der Waals surface area contributed by atoms with Crippen molar-refractivity contribution in [3.05, 3.63) is 66.2 Å². The van der Waals surface area contributed by atoms with Crippen LogP contribution in [0.4, 0.5) is 20.9 Å². The van der Waals surface area contributed by atoms with Crippen molar-refractivity contribution in [2.75, 3.05) is 28.3 Å². The van der Waals surface area contributed by atoms with Crippen molar-refractivity contribution in [1.29, 1.82) is 0 Å². The first kappa shape index (κ1) is 27.7. The smallest absolute Gasteiger partial charge is 0.281 e. The van der Waals surface area contributed by atoms with Crippen LogP contribution in [0.15, 0.2) is 59.1 Å². The maximum atomic E-state index is 13.3. The molecular formula is C25H24FN7O4S2. The highest BCUT2D eigenvalue weighted by molar-refractivity contribution is 8.01. The van der Waals surface area contributed by atoms with Crippen molar-refractivity contribution in [2.45, 2.75) is 24.6 Å². The standard InChI is InChI=1S/C25H24FN7O4S2/c1-3-11-37-20-13-33(19-9-7-16(26)8-10-19)32-22(20)23(36)29-24-30-31-25(39-24)38-14-21(35)28-18-6-4-5-17(12-18)27-15(2)34/h4-10,12-13H,3,11,14H2,1-2H3,(H,27,34)(H,28,35)(H,29,30,36). The van der Waals surface area contributed by atoms with E-state index < -0.39 is 5.91 Å². The predicted octanol–water partition coefficient (Wildman–Crippen LogP) is 4.59. The number of nitrogens with one attached hydrogen (secondary N) is 3. The number of halogens is 1. The summed E-state index contributed by atoms with van der Waals surface area (Å²) in [6, 6.07) is 12.5. The normalized spacial score (nSPS) is 10.6. The number of hydrogen-bond donors (Lipinski definition) is 3. The highest BCUT2D eigenvalue weighted by Crippen LogP contribution is 2.27. The minimum absolute atomic E-state index is 0.0399. The first-order valence-electron chi connectivity index (χ1n) is 11.7. The number of carbonyl (C=O) groups is 3. The lowest BCUT2D eigenvalue weighted by molar-refractivity contribution is -0.114. The van der Waals surface area contributed by atoms with Gasteiger partial charge in [0.25, 0.3) is 5.91 Å². The highest BCUT2D eigenvalue weighted by atomic mass is 32.2. The zero-order valence-electron chi connectivity index (χ0n) is 20.9. The molecule has 0 atom stereocenters. The molecule has 2 aromatic carbocycles. The molecule has 0 spiro atoms. The van der Waals surface area contributed by atoms with E-state index in [2.05, 4.69) is 31.2 Å². The van der Waals surface area contributed by atoms with Gasteiger partial charge in [-0.2, -0.15) is 5.10 Å². The maximum Gasteiger partial charge on any atom is 0.281 e. The monoisotopic (exact) mass is 569 g/mol. The van der Waals surface area contributed by atoms with E-state index in [-0.39, 0.29) is 40.0 Å². The highest BCUT2D eigenvalue weighted by Gasteiger charge is 2.21. The summed E-state index contributed by atoms with van der Waals surface area (Å²) in [4.78, 5) is 36.6. The Kier molecular flexibility index (Phi) is 9.22. The van der Waals surface area contributed by atoms with Crippen molar-refractivity contribution in [3.8, 4) is 11.4 Å². The second-order valence-corrected chi connectivity index (χ2v) is 10.2. The third-order valence-corrected chi connectivity index (χ3v) is 6.84. The summed E-state index contributed by atoms with van der Waals surface area (Å²) in [6.07, 6.45) is 2.29. The summed E-state index contributed by atoms with van der Waals surface area (Å²) < 4.78 is 20.9. The topological polar surface area (TPSA) is 140 Å². The molecular weight excluding hydrogens is 545 g/mol. The van der Waals surface area contributed by atoms with Crippen molar-refractivity contribution >= 4 is 57.3 Å². The molecule has 0 aliphatic rings. The lowest BCUT2D eigenvalue weighted by Crippen LogP contribution is -2.14. The molecule has 0 unspecified atom stereocenters. The Balaban J connectivity index is 1.36. The third kappa shape index (κ3) is 7.85. The van der Waals surface area contributed by atoms with E-state index in [1.54, 1.807) is 30.5 Å². The molecule has 4 aromatic rings. The molecule has 0 radical (unpaired) electrons. The largest absolute Gasteiger partial charge is 0.489 e. The number of benzene rings is 2. The number of rotatable bonds is 11. The molecule has 14 heteroatoms. The molecule has 3 N–H and O–H groups in total. The number of hydrogen-bond acceptors (Lipinski definition) is 9. The minimum Gasteiger partial charge on any atom is -0.489 e. The van der Waals surface area contributed by atoms with Gasteiger partial charge in [-0.25, -0.2) is 9.07 Å². The van der Waals surface area contributed by atoms with Gasteiger partial charge >= 0.3 is 0 Å². The van der Waals surface area contributed by atoms with Crippen molar-refractivity contribution in [3.63, 3.8) is 0 Å². The van der Waals surface area contributed by atoms with Gasteiger partial charge in [0.05, 0.1) is 24.2 Å². The van der Waals surface area contributed by atoms with Gasteiger partial charge in [-0.1, -0.05) is 36.1 Å². The van der Waals surface area contributed by atoms with Gasteiger partial charge in [-0.3, -0.25) is 19.7 Å². The Labute approximate surface area is 231 Å². The Bertz CT molecular complexity index is 1470. The Morgan fingerprint density at radius 1 is 1.05 bits per heavy atom. The zero-order valence-corrected chi connectivity index (χ0v) is 22.6. The van der Waals surface area contributed by atoms with E-state index in [4.69, 9.17) is 4.74 Å². The maximum absolute atomic E-state index is 13.3. The van der Waals surface area contributed by atoms with Crippen LogP contribution in [-0.4, -0.2) is 50.1 Å². The van der Waals surface area contributed by atoms with E-state index in [0.29, 0.717) is 28.0 Å². The molecule has 39 heavy (non-hydrogen) atoms. The van der Waals surface area contributed by atoms with E-state index in [9.17, 15) is 18.8 Å². The summed E-state index contributed by atoms with van der Waals surface area (Å²) in [5, 5.41) is 20.6. The lowest BCUT2D eigenvalue weighted by Gasteiger charge is -2.07. The minimum atomic E-state index is -0.550. The first-order chi connectivity index (χ1) is 18.8. The first-order valence-corrected chi connectivity index (χ1v) is 13.5. The number of thioether (sulfide) groups is 1. The van der Waals surface area contributed by atoms with Crippen LogP contribution in [-0.2, 0) is 9.59 Å². The summed E-state index contributed by atoms with van der Waals surface area (Å²) in [5.74, 6) is -1.08. The fourth-order valence-electron chi connectivity index (χ4n) is 3.24. The lowest BCUT2D eigenvalue weighted by atomic mass is 10.2. The molecule has 2 aromatic heterocycles. The summed E-state index contributed by atoms with van der Waals surface area (Å²) in [6.45, 7) is 3.72. The van der Waals surface area contributed by atoms with E-state index in [0.717, 1.165) is 29.5 Å². The van der Waals surface area contributed by atoms with Crippen molar-refractivity contribution in [2.24, 2.45) is 0 Å². The molecule has 2 heterocycles. The average Bonchev–Trinajstić information content (AvgIpc) is 3.53. The Morgan fingerprint density at radius 2 is 1.79 bits per heavy atom. The van der Waals surface area contributed by atoms with Gasteiger partial charge in [-0.15, -0.1) is 10.2 Å². The molecule has 0 saturated heterocycles. The van der Waals surface area contributed by atoms with Crippen molar-refractivity contribution in [1.82, 2.24) is 20.0 Å². The Morgan fingerprint density at radius 3 is 2.51 bits per heavy atom. The fraction of sp³-hybridized carbons (Fsp3) is 0.200. The molecule has 0 aliphatic heterocycles. The van der Waals surface area contributed by atoms with E-state index in [1.807, 2.05) is 6.92 Å². The second-order valence-electron chi connectivity index (χ2n) is 8.04. The average molecular weight is 570 g/mol. The summed E-state index contributed by atoms with van der Waals surface area (Å²) in [5.41, 5.74) is 1.71. The van der Waals surface area contributed by atoms with Crippen LogP contribution in [0.2, 0.25) is 0 Å². The second kappa shape index (κ2) is 13.0. The van der Waals surface area contributed by atoms with Crippen molar-refractivity contribution < 1.29 is 23.5 Å². The summed E-state index contributed by atoms with van der Waals surface area (Å²) in [7, 11) is 0. The molecule has 0 fully saturated rings. The third-order valence-electron chi connectivity index (χ3n) is 4.87. The number of ether oxygens (including phenoxy) is 1. The van der Waals surface area contributed by atoms with E-state index in [1.165, 1.54) is 35.9 Å². The Hall–Kier alpha value is -4.30. The number of anilines is 3. The number of nitrogens with zero attached hydrogens (tertiary/aromatic N) is 4. The van der Waals surface area contributed by atoms with Crippen LogP contribution in [0.5, 0.6) is 5.75 Å². The molecule has 4 rings (SSSR count).